The molecule has 0 aliphatic heterocycles. The Bertz CT molecular complexity index is 609. The summed E-state index contributed by atoms with van der Waals surface area (Å²) in [6.45, 7) is 1.85. The SMILES string of the molecule is Cc1nn(C)c(CC(N)c2ncc(Cl)cc2Cl)c1Cl. The van der Waals surface area contributed by atoms with Gasteiger partial charge in [0.2, 0.25) is 0 Å². The number of halogens is 3. The fourth-order valence-corrected chi connectivity index (χ4v) is 2.66. The summed E-state index contributed by atoms with van der Waals surface area (Å²) in [6.07, 6.45) is 2.03. The molecule has 2 aromatic rings. The van der Waals surface area contributed by atoms with Crippen LogP contribution in [-0.4, -0.2) is 14.8 Å². The minimum Gasteiger partial charge on any atom is -0.322 e. The normalized spacial score (nSPS) is 12.7. The smallest absolute Gasteiger partial charge is 0.0847 e. The zero-order valence-electron chi connectivity index (χ0n) is 10.5. The van der Waals surface area contributed by atoms with Gasteiger partial charge in [-0.05, 0) is 13.0 Å². The van der Waals surface area contributed by atoms with Crippen molar-refractivity contribution in [3.8, 4) is 0 Å². The van der Waals surface area contributed by atoms with Crippen LogP contribution in [0.4, 0.5) is 0 Å². The van der Waals surface area contributed by atoms with Crippen LogP contribution < -0.4 is 5.73 Å². The summed E-state index contributed by atoms with van der Waals surface area (Å²) in [4.78, 5) is 4.18. The quantitative estimate of drug-likeness (QED) is 0.944. The molecule has 2 rings (SSSR count). The van der Waals surface area contributed by atoms with Crippen LogP contribution in [0.25, 0.3) is 0 Å². The third kappa shape index (κ3) is 3.03. The summed E-state index contributed by atoms with van der Waals surface area (Å²) < 4.78 is 1.72. The van der Waals surface area contributed by atoms with Gasteiger partial charge in [0.05, 0.1) is 38.2 Å². The van der Waals surface area contributed by atoms with Crippen molar-refractivity contribution in [3.63, 3.8) is 0 Å². The molecule has 0 amide bonds. The molecule has 0 aromatic carbocycles. The minimum absolute atomic E-state index is 0.364. The first kappa shape index (κ1) is 14.6. The number of aryl methyl sites for hydroxylation is 2. The van der Waals surface area contributed by atoms with Gasteiger partial charge in [0, 0.05) is 19.7 Å². The minimum atomic E-state index is -0.364. The molecule has 2 N–H and O–H groups in total. The second-order valence-electron chi connectivity index (χ2n) is 4.30. The molecule has 0 saturated carbocycles. The van der Waals surface area contributed by atoms with E-state index >= 15 is 0 Å². The molecule has 19 heavy (non-hydrogen) atoms. The molecular weight excluding hydrogens is 307 g/mol. The molecule has 1 atom stereocenters. The highest BCUT2D eigenvalue weighted by molar-refractivity contribution is 6.34. The maximum Gasteiger partial charge on any atom is 0.0847 e. The van der Waals surface area contributed by atoms with Crippen molar-refractivity contribution in [2.45, 2.75) is 19.4 Å². The highest BCUT2D eigenvalue weighted by Gasteiger charge is 2.18. The van der Waals surface area contributed by atoms with Crippen molar-refractivity contribution >= 4 is 34.8 Å². The van der Waals surface area contributed by atoms with Gasteiger partial charge in [-0.2, -0.15) is 5.10 Å². The number of pyridine rings is 1. The monoisotopic (exact) mass is 318 g/mol. The first-order valence-electron chi connectivity index (χ1n) is 5.64. The van der Waals surface area contributed by atoms with Crippen molar-refractivity contribution in [3.05, 3.63) is 44.4 Å². The largest absolute Gasteiger partial charge is 0.322 e. The van der Waals surface area contributed by atoms with Gasteiger partial charge in [-0.1, -0.05) is 34.8 Å². The van der Waals surface area contributed by atoms with E-state index in [1.807, 2.05) is 14.0 Å². The van der Waals surface area contributed by atoms with E-state index in [-0.39, 0.29) is 6.04 Å². The van der Waals surface area contributed by atoms with Gasteiger partial charge in [-0.15, -0.1) is 0 Å². The standard InChI is InChI=1S/C12H13Cl3N4/c1-6-11(15)10(19(2)18-6)4-9(16)12-8(14)3-7(13)5-17-12/h3,5,9H,4,16H2,1-2H3. The summed E-state index contributed by atoms with van der Waals surface area (Å²) in [7, 11) is 1.83. The predicted octanol–water partition coefficient (Wildman–Crippen LogP) is 3.33. The lowest BCUT2D eigenvalue weighted by molar-refractivity contribution is 0.629. The van der Waals surface area contributed by atoms with Crippen LogP contribution in [0.15, 0.2) is 12.3 Å². The molecule has 0 radical (unpaired) electrons. The first-order valence-corrected chi connectivity index (χ1v) is 6.78. The fraction of sp³-hybridized carbons (Fsp3) is 0.333. The average Bonchev–Trinajstić information content (AvgIpc) is 2.56. The molecule has 2 aromatic heterocycles. The molecule has 4 nitrogen and oxygen atoms in total. The molecule has 0 aliphatic rings. The first-order chi connectivity index (χ1) is 8.90. The summed E-state index contributed by atoms with van der Waals surface area (Å²) >= 11 is 18.1. The van der Waals surface area contributed by atoms with Gasteiger partial charge in [0.1, 0.15) is 0 Å². The van der Waals surface area contributed by atoms with Crippen LogP contribution in [0.1, 0.15) is 23.1 Å². The lowest BCUT2D eigenvalue weighted by atomic mass is 10.1. The number of nitrogens with zero attached hydrogens (tertiary/aromatic N) is 3. The Morgan fingerprint density at radius 3 is 2.58 bits per heavy atom. The maximum absolute atomic E-state index is 6.20. The van der Waals surface area contributed by atoms with Crippen LogP contribution in [0, 0.1) is 6.92 Å². The highest BCUT2D eigenvalue weighted by atomic mass is 35.5. The van der Waals surface area contributed by atoms with E-state index < -0.39 is 0 Å². The second-order valence-corrected chi connectivity index (χ2v) is 5.52. The summed E-state index contributed by atoms with van der Waals surface area (Å²) in [6, 6.07) is 1.26. The van der Waals surface area contributed by atoms with E-state index in [1.165, 1.54) is 6.20 Å². The Morgan fingerprint density at radius 1 is 1.37 bits per heavy atom. The number of aromatic nitrogens is 3. The van der Waals surface area contributed by atoms with Crippen molar-refractivity contribution in [2.75, 3.05) is 0 Å². The lowest BCUT2D eigenvalue weighted by Crippen LogP contribution is -2.17. The number of hydrogen-bond acceptors (Lipinski definition) is 3. The average molecular weight is 320 g/mol. The van der Waals surface area contributed by atoms with Gasteiger partial charge in [-0.3, -0.25) is 9.67 Å². The molecule has 0 saturated heterocycles. The van der Waals surface area contributed by atoms with E-state index in [4.69, 9.17) is 40.5 Å². The molecule has 0 bridgehead atoms. The third-order valence-electron chi connectivity index (χ3n) is 2.86. The summed E-state index contributed by atoms with van der Waals surface area (Å²) in [5.74, 6) is 0. The molecular formula is C12H13Cl3N4. The topological polar surface area (TPSA) is 56.7 Å². The predicted molar refractivity (Wildman–Crippen MR) is 77.8 cm³/mol. The molecule has 1 unspecified atom stereocenters. The van der Waals surface area contributed by atoms with Gasteiger partial charge < -0.3 is 5.73 Å². The molecule has 2 heterocycles. The Labute approximate surface area is 126 Å². The Kier molecular flexibility index (Phi) is 4.36. The number of hydrogen-bond donors (Lipinski definition) is 1. The van der Waals surface area contributed by atoms with E-state index in [1.54, 1.807) is 10.7 Å². The number of rotatable bonds is 3. The molecule has 7 heteroatoms. The van der Waals surface area contributed by atoms with Gasteiger partial charge in [0.15, 0.2) is 0 Å². The van der Waals surface area contributed by atoms with Crippen LogP contribution in [0.3, 0.4) is 0 Å². The number of nitrogens with two attached hydrogens (primary N) is 1. The van der Waals surface area contributed by atoms with Gasteiger partial charge in [-0.25, -0.2) is 0 Å². The Morgan fingerprint density at radius 2 is 2.05 bits per heavy atom. The van der Waals surface area contributed by atoms with Gasteiger partial charge in [0.25, 0.3) is 0 Å². The van der Waals surface area contributed by atoms with Crippen molar-refractivity contribution < 1.29 is 0 Å². The van der Waals surface area contributed by atoms with Crippen LogP contribution in [0.5, 0.6) is 0 Å². The zero-order chi connectivity index (χ0) is 14.2. The molecule has 0 aliphatic carbocycles. The zero-order valence-corrected chi connectivity index (χ0v) is 12.8. The maximum atomic E-state index is 6.20. The highest BCUT2D eigenvalue weighted by Crippen LogP contribution is 2.27. The second kappa shape index (κ2) is 5.67. The van der Waals surface area contributed by atoms with Crippen LogP contribution in [-0.2, 0) is 13.5 Å². The van der Waals surface area contributed by atoms with E-state index in [9.17, 15) is 0 Å². The van der Waals surface area contributed by atoms with E-state index in [0.717, 1.165) is 11.4 Å². The van der Waals surface area contributed by atoms with Gasteiger partial charge >= 0.3 is 0 Å². The van der Waals surface area contributed by atoms with Crippen LogP contribution in [0.2, 0.25) is 15.1 Å². The van der Waals surface area contributed by atoms with Crippen LogP contribution >= 0.6 is 34.8 Å². The van der Waals surface area contributed by atoms with E-state index in [2.05, 4.69) is 10.1 Å². The van der Waals surface area contributed by atoms with E-state index in [0.29, 0.717) is 27.2 Å². The fourth-order valence-electron chi connectivity index (χ4n) is 1.90. The summed E-state index contributed by atoms with van der Waals surface area (Å²) in [5, 5.41) is 5.81. The molecule has 102 valence electrons. The summed E-state index contributed by atoms with van der Waals surface area (Å²) in [5.41, 5.74) is 8.37. The van der Waals surface area contributed by atoms with Crippen molar-refractivity contribution in [2.24, 2.45) is 12.8 Å². The molecule has 0 fully saturated rings. The van der Waals surface area contributed by atoms with Crippen molar-refractivity contribution in [1.82, 2.24) is 14.8 Å². The Balaban J connectivity index is 2.28. The third-order valence-corrected chi connectivity index (χ3v) is 3.86. The molecule has 0 spiro atoms. The lowest BCUT2D eigenvalue weighted by Gasteiger charge is -2.13. The Hall–Kier alpha value is -0.810. The van der Waals surface area contributed by atoms with Crippen molar-refractivity contribution in [1.29, 1.82) is 0 Å².